The van der Waals surface area contributed by atoms with E-state index in [1.807, 2.05) is 18.3 Å². The molecule has 0 aliphatic carbocycles. The van der Waals surface area contributed by atoms with Crippen LogP contribution in [-0.4, -0.2) is 53.5 Å². The molecule has 1 fully saturated rings. The van der Waals surface area contributed by atoms with Crippen molar-refractivity contribution in [1.29, 1.82) is 0 Å². The molecule has 6 nitrogen and oxygen atoms in total. The molecule has 3 aromatic rings. The topological polar surface area (TPSA) is 53.6 Å². The minimum absolute atomic E-state index is 0.288. The zero-order chi connectivity index (χ0) is 18.9. The lowest BCUT2D eigenvalue weighted by Gasteiger charge is -2.39. The number of nitrogens with zero attached hydrogens (tertiary/aromatic N) is 3. The van der Waals surface area contributed by atoms with Gasteiger partial charge in [0.1, 0.15) is 0 Å². The number of aromatic nitrogens is 2. The molecule has 144 valence electrons. The minimum Gasteiger partial charge on any atom is -0.454 e. The number of likely N-dealkylation sites (N-methyl/N-ethyl adjacent to an activating group) is 1. The van der Waals surface area contributed by atoms with Crippen molar-refractivity contribution in [2.45, 2.75) is 12.6 Å². The first kappa shape index (κ1) is 17.3. The second-order valence-corrected chi connectivity index (χ2v) is 7.48. The summed E-state index contributed by atoms with van der Waals surface area (Å²) in [6.07, 6.45) is 1.94. The summed E-state index contributed by atoms with van der Waals surface area (Å²) >= 11 is 0. The fraction of sp³-hybridized carbons (Fsp3) is 0.318. The van der Waals surface area contributed by atoms with E-state index in [4.69, 9.17) is 9.47 Å². The number of nitrogens with one attached hydrogen (secondary N) is 1. The van der Waals surface area contributed by atoms with Crippen molar-refractivity contribution in [2.24, 2.45) is 0 Å². The third-order valence-electron chi connectivity index (χ3n) is 5.69. The van der Waals surface area contributed by atoms with Gasteiger partial charge in [0.15, 0.2) is 11.5 Å². The average Bonchev–Trinajstić information content (AvgIpc) is 3.38. The largest absolute Gasteiger partial charge is 0.454 e. The lowest BCUT2D eigenvalue weighted by molar-refractivity contribution is 0.0906. The SMILES string of the molecule is CN1CCN(Cc2cn[nH]c2-c2ccc3c(c2)OCO3)C[C@H]1c1ccccc1. The molecule has 3 heterocycles. The summed E-state index contributed by atoms with van der Waals surface area (Å²) in [5.41, 5.74) is 4.70. The van der Waals surface area contributed by atoms with Gasteiger partial charge >= 0.3 is 0 Å². The number of ether oxygens (including phenoxy) is 2. The monoisotopic (exact) mass is 376 g/mol. The van der Waals surface area contributed by atoms with Gasteiger partial charge in [-0.1, -0.05) is 30.3 Å². The molecule has 2 aliphatic heterocycles. The molecule has 1 saturated heterocycles. The predicted octanol–water partition coefficient (Wildman–Crippen LogP) is 3.29. The van der Waals surface area contributed by atoms with E-state index in [2.05, 4.69) is 63.4 Å². The molecule has 1 N–H and O–H groups in total. The second kappa shape index (κ2) is 7.30. The van der Waals surface area contributed by atoms with E-state index in [0.29, 0.717) is 6.04 Å². The van der Waals surface area contributed by atoms with E-state index in [1.54, 1.807) is 0 Å². The molecule has 0 unspecified atom stereocenters. The first-order chi connectivity index (χ1) is 13.8. The van der Waals surface area contributed by atoms with Crippen LogP contribution < -0.4 is 9.47 Å². The lowest BCUT2D eigenvalue weighted by Crippen LogP contribution is -2.46. The van der Waals surface area contributed by atoms with E-state index in [9.17, 15) is 0 Å². The highest BCUT2D eigenvalue weighted by atomic mass is 16.7. The third-order valence-corrected chi connectivity index (χ3v) is 5.69. The summed E-state index contributed by atoms with van der Waals surface area (Å²) in [5, 5.41) is 7.49. The second-order valence-electron chi connectivity index (χ2n) is 7.48. The van der Waals surface area contributed by atoms with Crippen LogP contribution in [0.25, 0.3) is 11.3 Å². The van der Waals surface area contributed by atoms with Crippen LogP contribution in [0.1, 0.15) is 17.2 Å². The number of rotatable bonds is 4. The highest BCUT2D eigenvalue weighted by Gasteiger charge is 2.26. The van der Waals surface area contributed by atoms with Gasteiger partial charge in [0.05, 0.1) is 11.9 Å². The fourth-order valence-electron chi connectivity index (χ4n) is 4.08. The molecule has 0 amide bonds. The summed E-state index contributed by atoms with van der Waals surface area (Å²) in [7, 11) is 2.21. The van der Waals surface area contributed by atoms with Crippen LogP contribution in [0.15, 0.2) is 54.7 Å². The maximum Gasteiger partial charge on any atom is 0.231 e. The van der Waals surface area contributed by atoms with Crippen molar-refractivity contribution in [3.8, 4) is 22.8 Å². The quantitative estimate of drug-likeness (QED) is 0.757. The zero-order valence-electron chi connectivity index (χ0n) is 16.0. The zero-order valence-corrected chi connectivity index (χ0v) is 16.0. The van der Waals surface area contributed by atoms with E-state index < -0.39 is 0 Å². The Balaban J connectivity index is 1.35. The minimum atomic E-state index is 0.288. The smallest absolute Gasteiger partial charge is 0.231 e. The number of benzene rings is 2. The first-order valence-electron chi connectivity index (χ1n) is 9.68. The average molecular weight is 376 g/mol. The summed E-state index contributed by atoms with van der Waals surface area (Å²) in [4.78, 5) is 4.96. The summed E-state index contributed by atoms with van der Waals surface area (Å²) < 4.78 is 11.0. The van der Waals surface area contributed by atoms with E-state index in [0.717, 1.165) is 48.9 Å². The van der Waals surface area contributed by atoms with Gasteiger partial charge in [-0.05, 0) is 30.8 Å². The molecule has 6 heteroatoms. The van der Waals surface area contributed by atoms with Crippen LogP contribution in [0, 0.1) is 0 Å². The Morgan fingerprint density at radius 3 is 2.82 bits per heavy atom. The van der Waals surface area contributed by atoms with Crippen molar-refractivity contribution < 1.29 is 9.47 Å². The number of aromatic amines is 1. The molecule has 0 bridgehead atoms. The Bertz CT molecular complexity index is 956. The Hall–Kier alpha value is -2.83. The summed E-state index contributed by atoms with van der Waals surface area (Å²) in [6.45, 7) is 4.27. The van der Waals surface area contributed by atoms with Gasteiger partial charge in [-0.2, -0.15) is 5.10 Å². The molecular weight excluding hydrogens is 352 g/mol. The normalized spacial score (nSPS) is 19.8. The van der Waals surface area contributed by atoms with Crippen LogP contribution >= 0.6 is 0 Å². The number of fused-ring (bicyclic) bond motifs is 1. The highest BCUT2D eigenvalue weighted by molar-refractivity contribution is 5.66. The van der Waals surface area contributed by atoms with Gasteiger partial charge in [-0.15, -0.1) is 0 Å². The molecule has 5 rings (SSSR count). The van der Waals surface area contributed by atoms with Crippen LogP contribution in [0.3, 0.4) is 0 Å². The number of hydrogen-bond acceptors (Lipinski definition) is 5. The van der Waals surface area contributed by atoms with Gasteiger partial charge in [-0.3, -0.25) is 14.9 Å². The molecule has 28 heavy (non-hydrogen) atoms. The fourth-order valence-corrected chi connectivity index (χ4v) is 4.08. The maximum atomic E-state index is 5.53. The van der Waals surface area contributed by atoms with Crippen LogP contribution in [0.5, 0.6) is 11.5 Å². The highest BCUT2D eigenvalue weighted by Crippen LogP contribution is 2.36. The van der Waals surface area contributed by atoms with Crippen molar-refractivity contribution in [3.05, 3.63) is 65.9 Å². The molecular formula is C22H24N4O2. The van der Waals surface area contributed by atoms with Gasteiger partial charge in [0.25, 0.3) is 0 Å². The van der Waals surface area contributed by atoms with E-state index >= 15 is 0 Å². The molecule has 2 aliphatic rings. The van der Waals surface area contributed by atoms with Crippen molar-refractivity contribution in [3.63, 3.8) is 0 Å². The standard InChI is InChI=1S/C22H24N4O2/c1-25-9-10-26(14-19(25)16-5-3-2-4-6-16)13-18-12-23-24-22(18)17-7-8-20-21(11-17)28-15-27-20/h2-8,11-12,19H,9-10,13-15H2,1H3,(H,23,24)/t19-/m0/s1. The van der Waals surface area contributed by atoms with Crippen LogP contribution in [0.2, 0.25) is 0 Å². The number of H-pyrrole nitrogens is 1. The molecule has 2 aromatic carbocycles. The molecule has 0 radical (unpaired) electrons. The summed E-state index contributed by atoms with van der Waals surface area (Å²) in [6, 6.07) is 17.2. The molecule has 0 spiro atoms. The molecule has 0 saturated carbocycles. The van der Waals surface area contributed by atoms with Crippen molar-refractivity contribution in [2.75, 3.05) is 33.5 Å². The molecule has 1 atom stereocenters. The summed E-state index contributed by atoms with van der Waals surface area (Å²) in [5.74, 6) is 1.59. The number of hydrogen-bond donors (Lipinski definition) is 1. The van der Waals surface area contributed by atoms with Crippen LogP contribution in [-0.2, 0) is 6.54 Å². The Kier molecular flexibility index (Phi) is 4.50. The Labute approximate surface area is 164 Å². The van der Waals surface area contributed by atoms with Gasteiger partial charge in [0.2, 0.25) is 6.79 Å². The van der Waals surface area contributed by atoms with E-state index in [1.165, 1.54) is 11.1 Å². The van der Waals surface area contributed by atoms with Gasteiger partial charge in [0, 0.05) is 43.3 Å². The van der Waals surface area contributed by atoms with Gasteiger partial charge < -0.3 is 9.47 Å². The third kappa shape index (κ3) is 3.25. The van der Waals surface area contributed by atoms with Crippen molar-refractivity contribution in [1.82, 2.24) is 20.0 Å². The van der Waals surface area contributed by atoms with Gasteiger partial charge in [-0.25, -0.2) is 0 Å². The lowest BCUT2D eigenvalue weighted by atomic mass is 10.0. The maximum absolute atomic E-state index is 5.53. The predicted molar refractivity (Wildman–Crippen MR) is 107 cm³/mol. The van der Waals surface area contributed by atoms with E-state index in [-0.39, 0.29) is 6.79 Å². The Morgan fingerprint density at radius 1 is 1.07 bits per heavy atom. The number of piperazine rings is 1. The van der Waals surface area contributed by atoms with Crippen LogP contribution in [0.4, 0.5) is 0 Å². The first-order valence-corrected chi connectivity index (χ1v) is 9.68. The van der Waals surface area contributed by atoms with Crippen molar-refractivity contribution >= 4 is 0 Å². The molecule has 1 aromatic heterocycles. The Morgan fingerprint density at radius 2 is 1.93 bits per heavy atom.